The van der Waals surface area contributed by atoms with E-state index in [4.69, 9.17) is 9.57 Å². The molecule has 0 aromatic heterocycles. The van der Waals surface area contributed by atoms with Crippen LogP contribution in [0.3, 0.4) is 0 Å². The van der Waals surface area contributed by atoms with Gasteiger partial charge in [0, 0.05) is 0 Å². The van der Waals surface area contributed by atoms with Crippen molar-refractivity contribution in [3.05, 3.63) is 66.2 Å². The van der Waals surface area contributed by atoms with Crippen LogP contribution in [0.2, 0.25) is 0 Å². The second-order valence-electron chi connectivity index (χ2n) is 3.69. The van der Waals surface area contributed by atoms with Crippen LogP contribution < -0.4 is 23.0 Å². The van der Waals surface area contributed by atoms with Gasteiger partial charge in [0.25, 0.3) is 0 Å². The SMILES string of the molecule is [Cl-].[NH3+]OC(COc1ccccc1)c1ccccc1. The molecule has 0 saturated carbocycles. The van der Waals surface area contributed by atoms with E-state index < -0.39 is 0 Å². The van der Waals surface area contributed by atoms with Crippen molar-refractivity contribution in [3.63, 3.8) is 0 Å². The fourth-order valence-corrected chi connectivity index (χ4v) is 1.60. The predicted molar refractivity (Wildman–Crippen MR) is 65.1 cm³/mol. The highest BCUT2D eigenvalue weighted by molar-refractivity contribution is 5.22. The lowest BCUT2D eigenvalue weighted by atomic mass is 10.1. The van der Waals surface area contributed by atoms with Gasteiger partial charge < -0.3 is 17.1 Å². The summed E-state index contributed by atoms with van der Waals surface area (Å²) in [7, 11) is 0. The highest BCUT2D eigenvalue weighted by Crippen LogP contribution is 2.17. The summed E-state index contributed by atoms with van der Waals surface area (Å²) in [6, 6.07) is 19.6. The molecule has 96 valence electrons. The summed E-state index contributed by atoms with van der Waals surface area (Å²) in [5.74, 6) is 4.33. The van der Waals surface area contributed by atoms with Crippen LogP contribution in [0.1, 0.15) is 11.7 Å². The Kier molecular flexibility index (Phi) is 6.22. The number of hydrogen-bond donors (Lipinski definition) is 1. The van der Waals surface area contributed by atoms with Crippen LogP contribution in [-0.2, 0) is 4.84 Å². The molecule has 1 unspecified atom stereocenters. The number of rotatable bonds is 5. The van der Waals surface area contributed by atoms with Gasteiger partial charge in [0.05, 0.1) is 0 Å². The van der Waals surface area contributed by atoms with Crippen LogP contribution in [-0.4, -0.2) is 6.61 Å². The van der Waals surface area contributed by atoms with E-state index in [-0.39, 0.29) is 18.5 Å². The molecule has 0 aliphatic heterocycles. The molecule has 2 aromatic carbocycles. The topological polar surface area (TPSA) is 46.1 Å². The van der Waals surface area contributed by atoms with E-state index in [0.717, 1.165) is 11.3 Å². The molecule has 0 saturated heterocycles. The highest BCUT2D eigenvalue weighted by Gasteiger charge is 2.13. The molecule has 0 aliphatic rings. The Morgan fingerprint density at radius 2 is 1.44 bits per heavy atom. The number of hydrogen-bond acceptors (Lipinski definition) is 2. The van der Waals surface area contributed by atoms with Crippen molar-refractivity contribution in [2.24, 2.45) is 0 Å². The summed E-state index contributed by atoms with van der Waals surface area (Å²) >= 11 is 0. The van der Waals surface area contributed by atoms with Crippen molar-refractivity contribution in [1.29, 1.82) is 0 Å². The van der Waals surface area contributed by atoms with Gasteiger partial charge in [-0.25, -0.2) is 5.90 Å². The second kappa shape index (κ2) is 7.71. The molecule has 2 aromatic rings. The summed E-state index contributed by atoms with van der Waals surface area (Å²) < 4.78 is 5.65. The first-order valence-corrected chi connectivity index (χ1v) is 5.54. The first kappa shape index (κ1) is 14.5. The van der Waals surface area contributed by atoms with Gasteiger partial charge in [0.15, 0.2) is 6.10 Å². The minimum atomic E-state index is -0.142. The zero-order valence-corrected chi connectivity index (χ0v) is 10.7. The van der Waals surface area contributed by atoms with Gasteiger partial charge in [-0.2, -0.15) is 4.84 Å². The molecular weight excluding hydrogens is 250 g/mol. The Labute approximate surface area is 113 Å². The lowest BCUT2D eigenvalue weighted by molar-refractivity contribution is -0.705. The van der Waals surface area contributed by atoms with E-state index in [2.05, 4.69) is 5.90 Å². The number of halogens is 1. The third kappa shape index (κ3) is 4.04. The largest absolute Gasteiger partial charge is 1.00 e. The lowest BCUT2D eigenvalue weighted by Crippen LogP contribution is -3.00. The van der Waals surface area contributed by atoms with Gasteiger partial charge in [0.2, 0.25) is 0 Å². The average molecular weight is 266 g/mol. The molecule has 3 nitrogen and oxygen atoms in total. The zero-order chi connectivity index (χ0) is 11.9. The van der Waals surface area contributed by atoms with Gasteiger partial charge in [-0.1, -0.05) is 48.5 Å². The molecule has 3 N–H and O–H groups in total. The molecule has 2 rings (SSSR count). The average Bonchev–Trinajstić information content (AvgIpc) is 2.42. The predicted octanol–water partition coefficient (Wildman–Crippen LogP) is -1.02. The van der Waals surface area contributed by atoms with E-state index in [1.807, 2.05) is 60.7 Å². The fourth-order valence-electron chi connectivity index (χ4n) is 1.60. The van der Waals surface area contributed by atoms with Crippen LogP contribution in [0.4, 0.5) is 0 Å². The number of ether oxygens (including phenoxy) is 1. The minimum Gasteiger partial charge on any atom is -1.00 e. The summed E-state index contributed by atoms with van der Waals surface area (Å²) in [5, 5.41) is 0. The summed E-state index contributed by atoms with van der Waals surface area (Å²) in [6.45, 7) is 0.456. The van der Waals surface area contributed by atoms with Crippen LogP contribution in [0.15, 0.2) is 60.7 Å². The van der Waals surface area contributed by atoms with Crippen LogP contribution in [0.25, 0.3) is 0 Å². The summed E-state index contributed by atoms with van der Waals surface area (Å²) in [6.07, 6.45) is -0.142. The molecule has 4 heteroatoms. The molecule has 0 radical (unpaired) electrons. The van der Waals surface area contributed by atoms with E-state index in [1.54, 1.807) is 0 Å². The maximum absolute atomic E-state index is 5.65. The summed E-state index contributed by atoms with van der Waals surface area (Å²) in [4.78, 5) is 5.18. The van der Waals surface area contributed by atoms with Gasteiger partial charge in [-0.3, -0.25) is 0 Å². The van der Waals surface area contributed by atoms with Crippen molar-refractivity contribution < 1.29 is 27.9 Å². The van der Waals surface area contributed by atoms with Crippen LogP contribution >= 0.6 is 0 Å². The Hall–Kier alpha value is -1.55. The van der Waals surface area contributed by atoms with Crippen molar-refractivity contribution in [3.8, 4) is 5.75 Å². The number of benzene rings is 2. The highest BCUT2D eigenvalue weighted by atomic mass is 35.5. The molecule has 18 heavy (non-hydrogen) atoms. The molecule has 0 amide bonds. The smallest absolute Gasteiger partial charge is 0.175 e. The van der Waals surface area contributed by atoms with Gasteiger partial charge in [0.1, 0.15) is 12.4 Å². The molecular formula is C14H16ClNO2. The molecule has 0 fully saturated rings. The Bertz CT molecular complexity index is 436. The van der Waals surface area contributed by atoms with Gasteiger partial charge >= 0.3 is 0 Å². The van der Waals surface area contributed by atoms with Gasteiger partial charge in [-0.15, -0.1) is 0 Å². The second-order valence-corrected chi connectivity index (χ2v) is 3.69. The molecule has 1 atom stereocenters. The maximum Gasteiger partial charge on any atom is 0.175 e. The van der Waals surface area contributed by atoms with E-state index >= 15 is 0 Å². The third-order valence-corrected chi connectivity index (χ3v) is 2.52. The van der Waals surface area contributed by atoms with Crippen molar-refractivity contribution >= 4 is 0 Å². The number of para-hydroxylation sites is 1. The Morgan fingerprint density at radius 1 is 0.889 bits per heavy atom. The quantitative estimate of drug-likeness (QED) is 0.704. The van der Waals surface area contributed by atoms with E-state index in [1.165, 1.54) is 0 Å². The van der Waals surface area contributed by atoms with Crippen molar-refractivity contribution in [1.82, 2.24) is 0 Å². The normalized spacial score (nSPS) is 11.4. The maximum atomic E-state index is 5.65. The zero-order valence-electron chi connectivity index (χ0n) is 9.96. The monoisotopic (exact) mass is 265 g/mol. The van der Waals surface area contributed by atoms with E-state index in [9.17, 15) is 0 Å². The molecule has 0 bridgehead atoms. The first-order valence-electron chi connectivity index (χ1n) is 5.54. The molecule has 0 spiro atoms. The summed E-state index contributed by atoms with van der Waals surface area (Å²) in [5.41, 5.74) is 1.07. The number of quaternary nitrogens is 1. The fraction of sp³-hybridized carbons (Fsp3) is 0.143. The standard InChI is InChI=1S/C14H16NO2.ClH/c15-17-14(12-7-3-1-4-8-12)11-16-13-9-5-2-6-10-13;/h1-10,14H,11H2,15H3;1H/q+1;/p-1. The van der Waals surface area contributed by atoms with Crippen molar-refractivity contribution in [2.75, 3.05) is 6.61 Å². The Balaban J connectivity index is 0.00000162. The van der Waals surface area contributed by atoms with E-state index in [0.29, 0.717) is 6.61 Å². The first-order chi connectivity index (χ1) is 8.40. The minimum absolute atomic E-state index is 0. The van der Waals surface area contributed by atoms with Crippen molar-refractivity contribution in [2.45, 2.75) is 6.10 Å². The van der Waals surface area contributed by atoms with Crippen LogP contribution in [0.5, 0.6) is 5.75 Å². The van der Waals surface area contributed by atoms with Gasteiger partial charge in [-0.05, 0) is 17.7 Å². The Morgan fingerprint density at radius 3 is 2.00 bits per heavy atom. The molecule has 0 heterocycles. The molecule has 0 aliphatic carbocycles. The third-order valence-electron chi connectivity index (χ3n) is 2.52. The lowest BCUT2D eigenvalue weighted by Gasteiger charge is -2.13. The van der Waals surface area contributed by atoms with Crippen LogP contribution in [0, 0.1) is 0 Å².